The van der Waals surface area contributed by atoms with Gasteiger partial charge in [0, 0.05) is 19.1 Å². The summed E-state index contributed by atoms with van der Waals surface area (Å²) in [5.41, 5.74) is 5.73. The van der Waals surface area contributed by atoms with Crippen LogP contribution in [0, 0.1) is 5.41 Å². The van der Waals surface area contributed by atoms with Gasteiger partial charge in [-0.05, 0) is 25.3 Å². The number of rotatable bonds is 5. The molecule has 0 unspecified atom stereocenters. The molecule has 0 radical (unpaired) electrons. The van der Waals surface area contributed by atoms with E-state index in [0.717, 1.165) is 6.54 Å². The molecule has 1 atom stereocenters. The molecule has 4 nitrogen and oxygen atoms in total. The van der Waals surface area contributed by atoms with E-state index in [1.807, 2.05) is 20.8 Å². The predicted octanol–water partition coefficient (Wildman–Crippen LogP) is 1.35. The van der Waals surface area contributed by atoms with Gasteiger partial charge in [0.1, 0.15) is 0 Å². The second-order valence-corrected chi connectivity index (χ2v) is 6.55. The molecule has 0 spiro atoms. The summed E-state index contributed by atoms with van der Waals surface area (Å²) in [5, 5.41) is 2.94. The van der Waals surface area contributed by atoms with Crippen molar-refractivity contribution >= 4 is 5.91 Å². The van der Waals surface area contributed by atoms with Crippen LogP contribution in [0.25, 0.3) is 0 Å². The van der Waals surface area contributed by atoms with Crippen molar-refractivity contribution in [3.63, 3.8) is 0 Å². The highest BCUT2D eigenvalue weighted by molar-refractivity contribution is 5.82. The third-order valence-electron chi connectivity index (χ3n) is 3.93. The third-order valence-corrected chi connectivity index (χ3v) is 3.93. The molecule has 0 heterocycles. The van der Waals surface area contributed by atoms with Crippen LogP contribution in [-0.4, -0.2) is 43.0 Å². The number of likely N-dealkylation sites (N-methyl/N-ethyl adjacent to an activating group) is 1. The first-order valence-electron chi connectivity index (χ1n) is 7.06. The van der Waals surface area contributed by atoms with E-state index in [1.54, 1.807) is 0 Å². The number of nitrogens with zero attached hydrogens (tertiary/aromatic N) is 1. The van der Waals surface area contributed by atoms with E-state index in [1.165, 1.54) is 25.7 Å². The topological polar surface area (TPSA) is 58.4 Å². The summed E-state index contributed by atoms with van der Waals surface area (Å²) in [6, 6.07) is 0.271. The number of carbonyl (C=O) groups is 1. The van der Waals surface area contributed by atoms with Crippen molar-refractivity contribution in [2.75, 3.05) is 20.1 Å². The van der Waals surface area contributed by atoms with E-state index in [2.05, 4.69) is 17.3 Å². The highest BCUT2D eigenvalue weighted by Crippen LogP contribution is 2.21. The minimum atomic E-state index is -0.436. The predicted molar refractivity (Wildman–Crippen MR) is 75.3 cm³/mol. The molecule has 0 saturated heterocycles. The first kappa shape index (κ1) is 15.4. The monoisotopic (exact) mass is 255 g/mol. The Hall–Kier alpha value is -0.610. The summed E-state index contributed by atoms with van der Waals surface area (Å²) in [6.45, 7) is 7.56. The van der Waals surface area contributed by atoms with Gasteiger partial charge in [0.15, 0.2) is 0 Å². The van der Waals surface area contributed by atoms with E-state index in [-0.39, 0.29) is 11.3 Å². The first-order chi connectivity index (χ1) is 8.32. The average Bonchev–Trinajstić information content (AvgIpc) is 2.79. The van der Waals surface area contributed by atoms with Gasteiger partial charge in [0.05, 0.1) is 6.04 Å². The minimum absolute atomic E-state index is 0.0395. The van der Waals surface area contributed by atoms with E-state index in [4.69, 9.17) is 5.73 Å². The Morgan fingerprint density at radius 2 is 1.94 bits per heavy atom. The lowest BCUT2D eigenvalue weighted by atomic mass is 9.87. The number of amides is 1. The quantitative estimate of drug-likeness (QED) is 0.779. The van der Waals surface area contributed by atoms with Gasteiger partial charge < -0.3 is 16.0 Å². The molecule has 4 heteroatoms. The molecule has 1 amide bonds. The van der Waals surface area contributed by atoms with Gasteiger partial charge in [-0.3, -0.25) is 4.79 Å². The van der Waals surface area contributed by atoms with Crippen LogP contribution in [0.2, 0.25) is 0 Å². The molecule has 0 aliphatic heterocycles. The molecule has 18 heavy (non-hydrogen) atoms. The van der Waals surface area contributed by atoms with Crippen molar-refractivity contribution in [2.24, 2.45) is 11.1 Å². The molecule has 0 bridgehead atoms. The van der Waals surface area contributed by atoms with Crippen molar-refractivity contribution in [3.05, 3.63) is 0 Å². The minimum Gasteiger partial charge on any atom is -0.353 e. The smallest absolute Gasteiger partial charge is 0.237 e. The van der Waals surface area contributed by atoms with Gasteiger partial charge in [0.2, 0.25) is 5.91 Å². The molecule has 3 N–H and O–H groups in total. The summed E-state index contributed by atoms with van der Waals surface area (Å²) >= 11 is 0. The summed E-state index contributed by atoms with van der Waals surface area (Å²) in [4.78, 5) is 14.2. The maximum absolute atomic E-state index is 11.8. The van der Waals surface area contributed by atoms with Crippen LogP contribution in [0.5, 0.6) is 0 Å². The Kier molecular flexibility index (Phi) is 5.60. The van der Waals surface area contributed by atoms with E-state index >= 15 is 0 Å². The highest BCUT2D eigenvalue weighted by atomic mass is 16.2. The molecule has 1 fully saturated rings. The van der Waals surface area contributed by atoms with Crippen molar-refractivity contribution in [2.45, 2.75) is 58.5 Å². The van der Waals surface area contributed by atoms with Crippen LogP contribution < -0.4 is 11.1 Å². The Labute approximate surface area is 111 Å². The zero-order chi connectivity index (χ0) is 13.8. The van der Waals surface area contributed by atoms with Crippen LogP contribution in [0.3, 0.4) is 0 Å². The van der Waals surface area contributed by atoms with Gasteiger partial charge in [-0.15, -0.1) is 0 Å². The average molecular weight is 255 g/mol. The molecular formula is C14H29N3O. The molecule has 1 aliphatic carbocycles. The summed E-state index contributed by atoms with van der Waals surface area (Å²) < 4.78 is 0. The lowest BCUT2D eigenvalue weighted by molar-refractivity contribution is -0.124. The zero-order valence-electron chi connectivity index (χ0n) is 12.3. The molecular weight excluding hydrogens is 226 g/mol. The van der Waals surface area contributed by atoms with Crippen LogP contribution in [0.4, 0.5) is 0 Å². The van der Waals surface area contributed by atoms with Gasteiger partial charge >= 0.3 is 0 Å². The highest BCUT2D eigenvalue weighted by Gasteiger charge is 2.27. The molecule has 1 rings (SSSR count). The number of carbonyl (C=O) groups excluding carboxylic acids is 1. The molecule has 1 aliphatic rings. The third kappa shape index (κ3) is 4.58. The van der Waals surface area contributed by atoms with Crippen LogP contribution in [-0.2, 0) is 4.79 Å². The number of hydrogen-bond donors (Lipinski definition) is 2. The van der Waals surface area contributed by atoms with Crippen LogP contribution in [0.15, 0.2) is 0 Å². The number of nitrogens with one attached hydrogen (secondary N) is 1. The first-order valence-corrected chi connectivity index (χ1v) is 7.06. The van der Waals surface area contributed by atoms with Crippen LogP contribution in [0.1, 0.15) is 46.5 Å². The fourth-order valence-corrected chi connectivity index (χ4v) is 2.39. The second kappa shape index (κ2) is 6.53. The number of hydrogen-bond acceptors (Lipinski definition) is 3. The second-order valence-electron chi connectivity index (χ2n) is 6.55. The Bertz CT molecular complexity index is 267. The van der Waals surface area contributed by atoms with Crippen molar-refractivity contribution in [1.29, 1.82) is 0 Å². The normalized spacial score (nSPS) is 19.2. The maximum atomic E-state index is 11.8. The van der Waals surface area contributed by atoms with Crippen molar-refractivity contribution in [3.8, 4) is 0 Å². The number of nitrogens with two attached hydrogens (primary N) is 1. The van der Waals surface area contributed by atoms with Crippen molar-refractivity contribution < 1.29 is 4.79 Å². The standard InChI is InChI=1S/C14H29N3O/c1-14(2,3)12(15)13(18)16-9-10-17(4)11-7-5-6-8-11/h11-12H,5-10,15H2,1-4H3,(H,16,18)/t12-/m0/s1. The Morgan fingerprint density at radius 1 is 1.39 bits per heavy atom. The molecule has 0 aromatic carbocycles. The lowest BCUT2D eigenvalue weighted by Crippen LogP contribution is -2.50. The SMILES string of the molecule is CN(CCNC(=O)[C@H](N)C(C)(C)C)C1CCCC1. The van der Waals surface area contributed by atoms with Gasteiger partial charge in [0.25, 0.3) is 0 Å². The Balaban J connectivity index is 2.22. The largest absolute Gasteiger partial charge is 0.353 e. The zero-order valence-corrected chi connectivity index (χ0v) is 12.3. The molecule has 106 valence electrons. The van der Waals surface area contributed by atoms with Crippen LogP contribution >= 0.6 is 0 Å². The van der Waals surface area contributed by atoms with E-state index < -0.39 is 6.04 Å². The van der Waals surface area contributed by atoms with Gasteiger partial charge in [-0.2, -0.15) is 0 Å². The summed E-state index contributed by atoms with van der Waals surface area (Å²) in [5.74, 6) is -0.0395. The molecule has 1 saturated carbocycles. The van der Waals surface area contributed by atoms with Gasteiger partial charge in [-0.1, -0.05) is 33.6 Å². The lowest BCUT2D eigenvalue weighted by Gasteiger charge is -2.27. The molecule has 0 aromatic heterocycles. The van der Waals surface area contributed by atoms with E-state index in [0.29, 0.717) is 12.6 Å². The Morgan fingerprint density at radius 3 is 2.44 bits per heavy atom. The fourth-order valence-electron chi connectivity index (χ4n) is 2.39. The summed E-state index contributed by atoms with van der Waals surface area (Å²) in [7, 11) is 2.14. The molecule has 0 aromatic rings. The van der Waals surface area contributed by atoms with E-state index in [9.17, 15) is 4.79 Å². The summed E-state index contributed by atoms with van der Waals surface area (Å²) in [6.07, 6.45) is 5.28. The maximum Gasteiger partial charge on any atom is 0.237 e. The fraction of sp³-hybridized carbons (Fsp3) is 0.929. The van der Waals surface area contributed by atoms with Gasteiger partial charge in [-0.25, -0.2) is 0 Å². The van der Waals surface area contributed by atoms with Crippen molar-refractivity contribution in [1.82, 2.24) is 10.2 Å².